The molecule has 0 spiro atoms. The molecule has 0 heterocycles. The first-order valence-corrected chi connectivity index (χ1v) is 7.27. The summed E-state index contributed by atoms with van der Waals surface area (Å²) in [6.45, 7) is 1.56. The van der Waals surface area contributed by atoms with Crippen LogP contribution in [0.1, 0.15) is 31.2 Å². The van der Waals surface area contributed by atoms with Crippen LogP contribution in [0, 0.1) is 11.7 Å². The van der Waals surface area contributed by atoms with Gasteiger partial charge in [0.15, 0.2) is 0 Å². The van der Waals surface area contributed by atoms with E-state index in [1.807, 2.05) is 6.07 Å². The third-order valence-corrected chi connectivity index (χ3v) is 4.42. The highest BCUT2D eigenvalue weighted by Gasteiger charge is 2.22. The highest BCUT2D eigenvalue weighted by atomic mass is 35.5. The van der Waals surface area contributed by atoms with E-state index in [1.165, 1.54) is 25.3 Å². The van der Waals surface area contributed by atoms with Gasteiger partial charge in [-0.2, -0.15) is 0 Å². The second-order valence-corrected chi connectivity index (χ2v) is 5.91. The van der Waals surface area contributed by atoms with Gasteiger partial charge in [0.2, 0.25) is 0 Å². The summed E-state index contributed by atoms with van der Waals surface area (Å²) in [6.07, 6.45) is 4.82. The predicted molar refractivity (Wildman–Crippen MR) is 74.7 cm³/mol. The number of alkyl halides is 1. The summed E-state index contributed by atoms with van der Waals surface area (Å²) in [5.41, 5.74) is 0.916. The molecule has 0 bridgehead atoms. The van der Waals surface area contributed by atoms with Gasteiger partial charge in [-0.15, -0.1) is 11.6 Å². The number of halogens is 3. The van der Waals surface area contributed by atoms with Gasteiger partial charge >= 0.3 is 0 Å². The van der Waals surface area contributed by atoms with Gasteiger partial charge in [-0.25, -0.2) is 4.39 Å². The predicted octanol–water partition coefficient (Wildman–Crippen LogP) is 4.37. The minimum atomic E-state index is -0.358. The van der Waals surface area contributed by atoms with E-state index in [4.69, 9.17) is 23.2 Å². The zero-order valence-corrected chi connectivity index (χ0v) is 11.8. The second kappa shape index (κ2) is 6.74. The molecule has 0 aliphatic heterocycles. The van der Waals surface area contributed by atoms with Gasteiger partial charge in [0.1, 0.15) is 5.82 Å². The Balaban J connectivity index is 1.79. The van der Waals surface area contributed by atoms with Crippen LogP contribution in [0.15, 0.2) is 18.2 Å². The summed E-state index contributed by atoms with van der Waals surface area (Å²) in [7, 11) is 0. The van der Waals surface area contributed by atoms with Crippen molar-refractivity contribution in [3.05, 3.63) is 34.6 Å². The molecule has 2 atom stereocenters. The fourth-order valence-corrected chi connectivity index (χ4v) is 2.93. The third-order valence-electron chi connectivity index (χ3n) is 3.54. The van der Waals surface area contributed by atoms with E-state index in [9.17, 15) is 4.39 Å². The first kappa shape index (κ1) is 14.1. The molecule has 1 aliphatic carbocycles. The topological polar surface area (TPSA) is 12.0 Å². The van der Waals surface area contributed by atoms with Gasteiger partial charge in [0.25, 0.3) is 0 Å². The van der Waals surface area contributed by atoms with Crippen molar-refractivity contribution in [1.82, 2.24) is 5.32 Å². The van der Waals surface area contributed by atoms with Crippen molar-refractivity contribution in [2.75, 3.05) is 6.54 Å². The number of benzene rings is 1. The van der Waals surface area contributed by atoms with Gasteiger partial charge in [-0.1, -0.05) is 30.5 Å². The molecule has 2 unspecified atom stereocenters. The van der Waals surface area contributed by atoms with Crippen molar-refractivity contribution in [3.63, 3.8) is 0 Å². The molecule has 18 heavy (non-hydrogen) atoms. The Hall–Kier alpha value is -0.310. The van der Waals surface area contributed by atoms with Crippen molar-refractivity contribution in [3.8, 4) is 0 Å². The number of hydrogen-bond donors (Lipinski definition) is 1. The Morgan fingerprint density at radius 3 is 2.78 bits per heavy atom. The normalized spacial score (nSPS) is 24.2. The molecule has 1 aromatic carbocycles. The zero-order valence-electron chi connectivity index (χ0n) is 10.3. The molecular formula is C14H18Cl2FN. The van der Waals surface area contributed by atoms with Crippen LogP contribution in [-0.4, -0.2) is 11.9 Å². The largest absolute Gasteiger partial charge is 0.312 e. The number of nitrogens with one attached hydrogen (secondary N) is 1. The van der Waals surface area contributed by atoms with Crippen LogP contribution in [0.5, 0.6) is 0 Å². The molecule has 4 heteroatoms. The molecule has 100 valence electrons. The van der Waals surface area contributed by atoms with E-state index < -0.39 is 0 Å². The van der Waals surface area contributed by atoms with E-state index in [1.54, 1.807) is 6.07 Å². The molecule has 1 fully saturated rings. The molecule has 2 rings (SSSR count). The molecule has 0 saturated heterocycles. The van der Waals surface area contributed by atoms with Gasteiger partial charge in [0, 0.05) is 11.9 Å². The van der Waals surface area contributed by atoms with Crippen LogP contribution < -0.4 is 5.32 Å². The van der Waals surface area contributed by atoms with Gasteiger partial charge < -0.3 is 5.32 Å². The Kier molecular flexibility index (Phi) is 5.28. The first-order valence-electron chi connectivity index (χ1n) is 6.45. The highest BCUT2D eigenvalue weighted by molar-refractivity contribution is 6.30. The summed E-state index contributed by atoms with van der Waals surface area (Å²) in [5, 5.41) is 3.81. The summed E-state index contributed by atoms with van der Waals surface area (Å²) >= 11 is 11.9. The van der Waals surface area contributed by atoms with Gasteiger partial charge in [-0.3, -0.25) is 0 Å². The van der Waals surface area contributed by atoms with Crippen molar-refractivity contribution in [2.24, 2.45) is 5.92 Å². The molecule has 0 amide bonds. The monoisotopic (exact) mass is 289 g/mol. The van der Waals surface area contributed by atoms with E-state index in [0.717, 1.165) is 18.5 Å². The Morgan fingerprint density at radius 2 is 2.06 bits per heavy atom. The zero-order chi connectivity index (χ0) is 13.0. The second-order valence-electron chi connectivity index (χ2n) is 4.94. The minimum absolute atomic E-state index is 0.173. The van der Waals surface area contributed by atoms with Gasteiger partial charge in [0.05, 0.1) is 5.02 Å². The lowest BCUT2D eigenvalue weighted by molar-refractivity contribution is 0.348. The maximum absolute atomic E-state index is 13.2. The molecule has 0 radical (unpaired) electrons. The standard InChI is InChI=1S/C14H18Cl2FN/c15-12-4-2-1-3-11(12)9-18-8-10-5-6-13(16)14(17)7-10/h5-7,11-12,18H,1-4,8-9H2. The van der Waals surface area contributed by atoms with Crippen LogP contribution in [0.4, 0.5) is 4.39 Å². The molecule has 1 N–H and O–H groups in total. The van der Waals surface area contributed by atoms with E-state index >= 15 is 0 Å². The summed E-state index contributed by atoms with van der Waals surface area (Å²) in [5.74, 6) is 0.182. The molecular weight excluding hydrogens is 272 g/mol. The fourth-order valence-electron chi connectivity index (χ4n) is 2.44. The van der Waals surface area contributed by atoms with E-state index in [0.29, 0.717) is 12.5 Å². The average Bonchev–Trinajstić information content (AvgIpc) is 2.36. The first-order chi connectivity index (χ1) is 8.66. The van der Waals surface area contributed by atoms with Crippen molar-refractivity contribution >= 4 is 23.2 Å². The summed E-state index contributed by atoms with van der Waals surface area (Å²) < 4.78 is 13.2. The molecule has 1 aliphatic rings. The van der Waals surface area contributed by atoms with Gasteiger partial charge in [-0.05, 0) is 43.0 Å². The lowest BCUT2D eigenvalue weighted by Gasteiger charge is -2.27. The molecule has 1 nitrogen and oxygen atoms in total. The SMILES string of the molecule is Fc1cc(CNCC2CCCCC2Cl)ccc1Cl. The van der Waals surface area contributed by atoms with E-state index in [2.05, 4.69) is 5.32 Å². The number of rotatable bonds is 4. The third kappa shape index (κ3) is 3.84. The van der Waals surface area contributed by atoms with E-state index in [-0.39, 0.29) is 16.2 Å². The van der Waals surface area contributed by atoms with Crippen LogP contribution in [0.2, 0.25) is 5.02 Å². The fraction of sp³-hybridized carbons (Fsp3) is 0.571. The minimum Gasteiger partial charge on any atom is -0.312 e. The Morgan fingerprint density at radius 1 is 1.28 bits per heavy atom. The van der Waals surface area contributed by atoms with Crippen LogP contribution in [-0.2, 0) is 6.54 Å². The van der Waals surface area contributed by atoms with Crippen LogP contribution in [0.3, 0.4) is 0 Å². The highest BCUT2D eigenvalue weighted by Crippen LogP contribution is 2.28. The maximum atomic E-state index is 13.2. The molecule has 1 aromatic rings. The van der Waals surface area contributed by atoms with Crippen LogP contribution in [0.25, 0.3) is 0 Å². The summed E-state index contributed by atoms with van der Waals surface area (Å²) in [4.78, 5) is 0. The van der Waals surface area contributed by atoms with Crippen molar-refractivity contribution < 1.29 is 4.39 Å². The Bertz CT molecular complexity index is 397. The molecule has 1 saturated carbocycles. The van der Waals surface area contributed by atoms with Crippen LogP contribution >= 0.6 is 23.2 Å². The summed E-state index contributed by atoms with van der Waals surface area (Å²) in [6, 6.07) is 4.92. The lowest BCUT2D eigenvalue weighted by Crippen LogP contribution is -2.30. The maximum Gasteiger partial charge on any atom is 0.142 e. The average molecular weight is 290 g/mol. The van der Waals surface area contributed by atoms with Crippen molar-refractivity contribution in [1.29, 1.82) is 0 Å². The quantitative estimate of drug-likeness (QED) is 0.812. The smallest absolute Gasteiger partial charge is 0.142 e. The van der Waals surface area contributed by atoms with Crippen molar-refractivity contribution in [2.45, 2.75) is 37.6 Å². The molecule has 0 aromatic heterocycles. The Labute approximate surface area is 118 Å². The number of hydrogen-bond acceptors (Lipinski definition) is 1. The lowest BCUT2D eigenvalue weighted by atomic mass is 9.89.